The number of nitrogens with zero attached hydrogens (tertiary/aromatic N) is 8. The van der Waals surface area contributed by atoms with E-state index in [1.807, 2.05) is 60.9 Å². The molecular weight excluding hydrogens is 1520 g/mol. The lowest BCUT2D eigenvalue weighted by molar-refractivity contribution is -0.384. The van der Waals surface area contributed by atoms with E-state index in [2.05, 4.69) is 230 Å². The number of aryl methyl sites for hydroxylation is 1. The zero-order valence-electron chi connectivity index (χ0n) is 78.0. The van der Waals surface area contributed by atoms with Gasteiger partial charge in [-0.05, 0) is 171 Å². The molecule has 668 valence electrons. The largest absolute Gasteiger partial charge is 0.400 e. The summed E-state index contributed by atoms with van der Waals surface area (Å²) in [6, 6.07) is 33.8. The molecule has 6 aromatic carbocycles. The third-order valence-electron chi connectivity index (χ3n) is 16.1. The molecule has 2 atom stereocenters. The standard InChI is InChI=1S/C16H21N.3C11H12N2O3.C10H13NO.C9H10N2O2.4C5H12.C4H10.C2H4O.CH4O.CH4/c1-12-9-10-15(13(2)11-12)16(17-3)14-7-5-4-6-8-14;3*1-7(14)9-5-8-3-4-12(2)11(8)10(6-9)13(15)16;1-9-2-4-10(5-3-9)8-11-6-7-12;1-10-6-5-7-3-2-4-8(9(7)10)11(12)13;4*1-5(2,3)4;1-4(2)3;1-2-3;1-2;/h4-8,10-12,16-17H,9H2,1-3H3;3*5-6H,3-4H2,1-2H3;2-5,7,11H,6,8H2,1H3;2-4H,5-6H2,1H3;4*1-4H3;4H,1-3H3;2H,1H3;2H,1H3;1H4. The first-order valence-corrected chi connectivity index (χ1v) is 40.6. The van der Waals surface area contributed by atoms with E-state index in [1.54, 1.807) is 30.3 Å². The van der Waals surface area contributed by atoms with Crippen LogP contribution in [-0.2, 0) is 41.8 Å². The highest BCUT2D eigenvalue weighted by atomic mass is 16.6. The van der Waals surface area contributed by atoms with Crippen LogP contribution in [0.2, 0.25) is 0 Å². The molecule has 0 saturated carbocycles. The molecule has 2 unspecified atom stereocenters. The maximum atomic E-state index is 11.3. The lowest BCUT2D eigenvalue weighted by Gasteiger charge is -2.25. The Morgan fingerprint density at radius 3 is 1.07 bits per heavy atom. The number of allylic oxidation sites excluding steroid dienone is 2. The number of aldehydes is 2. The molecule has 0 spiro atoms. The van der Waals surface area contributed by atoms with Gasteiger partial charge in [-0.2, -0.15) is 0 Å². The summed E-state index contributed by atoms with van der Waals surface area (Å²) in [5.41, 5.74) is 16.7. The number of aliphatic hydroxyl groups excluding tert-OH is 1. The second-order valence-corrected chi connectivity index (χ2v) is 36.8. The Morgan fingerprint density at radius 2 is 0.800 bits per heavy atom. The van der Waals surface area contributed by atoms with Gasteiger partial charge in [-0.25, -0.2) is 0 Å². The quantitative estimate of drug-likeness (QED) is 0.0300. The van der Waals surface area contributed by atoms with E-state index in [1.165, 1.54) is 73.7 Å². The number of hydrogen-bond donors (Lipinski definition) is 3. The van der Waals surface area contributed by atoms with E-state index in [4.69, 9.17) is 9.90 Å². The molecule has 1 aliphatic carbocycles. The molecule has 6 aromatic rings. The zero-order valence-corrected chi connectivity index (χ0v) is 78.0. The Labute approximate surface area is 720 Å². The van der Waals surface area contributed by atoms with Gasteiger partial charge in [0.2, 0.25) is 0 Å². The van der Waals surface area contributed by atoms with Crippen molar-refractivity contribution in [2.24, 2.45) is 33.5 Å². The van der Waals surface area contributed by atoms with Crippen LogP contribution in [0.4, 0.5) is 45.5 Å². The SMILES string of the molecule is C.CC(=O)c1cc2c(c([N+](=O)[O-])c1)N(C)CC2.CC(=O)c1cc2c(c([N+](=O)[O-])c1)N(C)CC2.CC(=O)c1cc2c(c([N+](=O)[O-])c1)N(C)CC2.CC(C)(C)C.CC(C)(C)C.CC(C)(C)C.CC(C)(C)C.CC(C)C.CC=O.CN1CCc2cccc([N+](=O)[O-])c21.CNC(C1=CCC(C)C=C1C)c1ccccc1.CO.Cc1ccc(CNCC=O)cc1. The summed E-state index contributed by atoms with van der Waals surface area (Å²) in [4.78, 5) is 102. The van der Waals surface area contributed by atoms with Gasteiger partial charge in [0.25, 0.3) is 22.7 Å². The zero-order chi connectivity index (χ0) is 92.4. The molecule has 0 fully saturated rings. The Hall–Kier alpha value is -10.2. The highest BCUT2D eigenvalue weighted by Gasteiger charge is 2.31. The number of hydrogen-bond acceptors (Lipinski definition) is 20. The molecular formula is C96H150N10O14. The van der Waals surface area contributed by atoms with E-state index in [0.29, 0.717) is 73.9 Å². The molecule has 120 heavy (non-hydrogen) atoms. The van der Waals surface area contributed by atoms with Crippen molar-refractivity contribution in [2.75, 3.05) is 94.7 Å². The number of fused-ring (bicyclic) bond motifs is 4. The molecule has 3 N–H and O–H groups in total. The number of benzene rings is 6. The van der Waals surface area contributed by atoms with Crippen LogP contribution >= 0.6 is 0 Å². The molecule has 11 rings (SSSR count). The number of aliphatic hydroxyl groups is 1. The number of nitrogens with one attached hydrogen (secondary N) is 2. The number of para-hydroxylation sites is 1. The van der Waals surface area contributed by atoms with E-state index < -0.39 is 14.8 Å². The van der Waals surface area contributed by atoms with Crippen molar-refractivity contribution in [1.29, 1.82) is 0 Å². The van der Waals surface area contributed by atoms with Gasteiger partial charge in [0.15, 0.2) is 17.3 Å². The van der Waals surface area contributed by atoms with Gasteiger partial charge in [-0.15, -0.1) is 0 Å². The van der Waals surface area contributed by atoms with E-state index in [9.17, 15) is 59.6 Å². The maximum absolute atomic E-state index is 11.3. The van der Waals surface area contributed by atoms with Gasteiger partial charge in [0.05, 0.1) is 32.3 Å². The van der Waals surface area contributed by atoms with Crippen LogP contribution in [-0.4, -0.2) is 130 Å². The molecule has 5 aliphatic rings. The summed E-state index contributed by atoms with van der Waals surface area (Å²) in [6.07, 6.45) is 10.7. The Morgan fingerprint density at radius 1 is 0.500 bits per heavy atom. The Bertz CT molecular complexity index is 3970. The highest BCUT2D eigenvalue weighted by molar-refractivity contribution is 5.98. The average Bonchev–Trinajstić information content (AvgIpc) is 1.63. The number of nitro benzene ring substituents is 4. The number of Topliss-reactive ketones (excluding diaryl/α,β-unsaturated/α-hetero) is 3. The number of carbonyl (C=O) groups excluding carboxylic acids is 5. The normalized spacial score (nSPS) is 13.6. The third kappa shape index (κ3) is 47.0. The van der Waals surface area contributed by atoms with Crippen LogP contribution in [0.1, 0.15) is 263 Å². The van der Waals surface area contributed by atoms with Crippen molar-refractivity contribution in [2.45, 2.75) is 232 Å². The van der Waals surface area contributed by atoms with Crippen LogP contribution in [0.3, 0.4) is 0 Å². The average molecular weight is 1670 g/mol. The Kier molecular flexibility index (Phi) is 52.8. The van der Waals surface area contributed by atoms with Crippen molar-refractivity contribution in [3.63, 3.8) is 0 Å². The summed E-state index contributed by atoms with van der Waals surface area (Å²) >= 11 is 0. The molecule has 4 aliphatic heterocycles. The maximum Gasteiger partial charge on any atom is 0.293 e. The molecule has 0 saturated heterocycles. The number of carbonyl (C=O) groups is 5. The molecule has 0 amide bonds. The van der Waals surface area contributed by atoms with Crippen molar-refractivity contribution < 1.29 is 48.8 Å². The van der Waals surface area contributed by atoms with E-state index >= 15 is 0 Å². The molecule has 24 nitrogen and oxygen atoms in total. The number of anilines is 4. The Balaban J connectivity index is -0.00000128. The van der Waals surface area contributed by atoms with Crippen molar-refractivity contribution in [1.82, 2.24) is 10.6 Å². The summed E-state index contributed by atoms with van der Waals surface area (Å²) in [5.74, 6) is 1.09. The van der Waals surface area contributed by atoms with Crippen LogP contribution in [0.15, 0.2) is 132 Å². The lowest BCUT2D eigenvalue weighted by Crippen LogP contribution is -2.20. The summed E-state index contributed by atoms with van der Waals surface area (Å²) in [6.45, 7) is 58.1. The molecule has 0 aromatic heterocycles. The lowest BCUT2D eigenvalue weighted by atomic mass is 9.86. The van der Waals surface area contributed by atoms with E-state index in [0.717, 1.165) is 118 Å². The first-order valence-electron chi connectivity index (χ1n) is 40.6. The van der Waals surface area contributed by atoms with Crippen molar-refractivity contribution in [3.05, 3.63) is 229 Å². The minimum absolute atomic E-state index is 0. The minimum Gasteiger partial charge on any atom is -0.400 e. The fraction of sp³-hybridized carbons (Fsp3) is 0.531. The highest BCUT2D eigenvalue weighted by Crippen LogP contribution is 2.41. The predicted molar refractivity (Wildman–Crippen MR) is 501 cm³/mol. The van der Waals surface area contributed by atoms with Crippen LogP contribution in [0, 0.1) is 80.9 Å². The topological polar surface area (TPSA) is 315 Å². The number of rotatable bonds is 14. The number of nitro groups is 4. The monoisotopic (exact) mass is 1670 g/mol. The molecule has 0 radical (unpaired) electrons. The molecule has 0 bridgehead atoms. The van der Waals surface area contributed by atoms with Crippen LogP contribution in [0.25, 0.3) is 0 Å². The van der Waals surface area contributed by atoms with Gasteiger partial charge in [0.1, 0.15) is 35.3 Å². The summed E-state index contributed by atoms with van der Waals surface area (Å²) in [7, 11) is 10.4. The van der Waals surface area contributed by atoms with Gasteiger partial charge < -0.3 is 44.9 Å². The smallest absolute Gasteiger partial charge is 0.293 e. The summed E-state index contributed by atoms with van der Waals surface area (Å²) < 4.78 is 0. The van der Waals surface area contributed by atoms with Crippen LogP contribution < -0.4 is 30.2 Å². The number of likely N-dealkylation sites (N-methyl/N-ethyl adjacent to an activating group) is 5. The van der Waals surface area contributed by atoms with Gasteiger partial charge in [-0.1, -0.05) is 236 Å². The summed E-state index contributed by atoms with van der Waals surface area (Å²) in [5, 5.41) is 57.0. The third-order valence-corrected chi connectivity index (χ3v) is 16.1. The fourth-order valence-corrected chi connectivity index (χ4v) is 11.5. The number of ketones is 3. The second kappa shape index (κ2) is 55.6. The second-order valence-electron chi connectivity index (χ2n) is 36.8. The van der Waals surface area contributed by atoms with Gasteiger partial charge in [-0.3, -0.25) is 54.8 Å². The van der Waals surface area contributed by atoms with Crippen molar-refractivity contribution in [3.8, 4) is 0 Å². The fourth-order valence-electron chi connectivity index (χ4n) is 11.5. The first kappa shape index (κ1) is 114. The minimum atomic E-state index is -0.424. The van der Waals surface area contributed by atoms with E-state index in [-0.39, 0.29) is 52.4 Å². The van der Waals surface area contributed by atoms with Gasteiger partial charge >= 0.3 is 0 Å². The first-order chi connectivity index (χ1) is 54.9. The van der Waals surface area contributed by atoms with Crippen molar-refractivity contribution >= 4 is 75.4 Å². The molecule has 24 heteroatoms. The van der Waals surface area contributed by atoms with Crippen LogP contribution in [0.5, 0.6) is 0 Å². The molecule has 4 heterocycles. The van der Waals surface area contributed by atoms with Gasteiger partial charge in [0, 0.05) is 109 Å². The predicted octanol–water partition coefficient (Wildman–Crippen LogP) is 22.4.